The number of fused-ring (bicyclic) bond motifs is 1. The van der Waals surface area contributed by atoms with Gasteiger partial charge in [-0.2, -0.15) is 0 Å². The van der Waals surface area contributed by atoms with Crippen LogP contribution in [0.5, 0.6) is 5.75 Å². The van der Waals surface area contributed by atoms with Gasteiger partial charge in [-0.15, -0.1) is 0 Å². The van der Waals surface area contributed by atoms with E-state index in [1.54, 1.807) is 20.2 Å². The zero-order chi connectivity index (χ0) is 21.3. The number of amides is 1. The van der Waals surface area contributed by atoms with Gasteiger partial charge in [0.1, 0.15) is 11.6 Å². The van der Waals surface area contributed by atoms with Gasteiger partial charge in [0.2, 0.25) is 5.91 Å². The third kappa shape index (κ3) is 5.73. The second-order valence-electron chi connectivity index (χ2n) is 6.73. The minimum absolute atomic E-state index is 0.113. The van der Waals surface area contributed by atoms with Gasteiger partial charge in [0, 0.05) is 37.2 Å². The molecular formula is C22H26FN5O2. The number of aromatic amines is 1. The smallest absolute Gasteiger partial charge is 0.239 e. The van der Waals surface area contributed by atoms with E-state index in [-0.39, 0.29) is 18.3 Å². The number of ether oxygens (including phenoxy) is 1. The molecule has 0 unspecified atom stereocenters. The number of methoxy groups -OCH3 is 1. The zero-order valence-corrected chi connectivity index (χ0v) is 17.1. The van der Waals surface area contributed by atoms with E-state index < -0.39 is 0 Å². The Bertz CT molecular complexity index is 1010. The van der Waals surface area contributed by atoms with E-state index in [1.165, 1.54) is 12.1 Å². The molecule has 0 aliphatic carbocycles. The number of guanidine groups is 1. The van der Waals surface area contributed by atoms with Crippen LogP contribution >= 0.6 is 0 Å². The number of nitrogens with zero attached hydrogens (tertiary/aromatic N) is 1. The molecule has 30 heavy (non-hydrogen) atoms. The summed E-state index contributed by atoms with van der Waals surface area (Å²) in [6.07, 6.45) is 2.62. The molecule has 0 saturated carbocycles. The fourth-order valence-corrected chi connectivity index (χ4v) is 3.07. The minimum atomic E-state index is -0.260. The molecule has 1 heterocycles. The van der Waals surface area contributed by atoms with Crippen molar-refractivity contribution in [3.05, 3.63) is 65.6 Å². The molecular weight excluding hydrogens is 385 g/mol. The predicted octanol–water partition coefficient (Wildman–Crippen LogP) is 2.34. The number of aliphatic imine (C=N–C) groups is 1. The normalized spacial score (nSPS) is 11.4. The van der Waals surface area contributed by atoms with Crippen molar-refractivity contribution < 1.29 is 13.9 Å². The highest BCUT2D eigenvalue weighted by Crippen LogP contribution is 2.19. The Balaban J connectivity index is 1.40. The highest BCUT2D eigenvalue weighted by molar-refractivity contribution is 5.86. The summed E-state index contributed by atoms with van der Waals surface area (Å²) >= 11 is 0. The number of rotatable bonds is 8. The molecule has 0 spiro atoms. The Hall–Kier alpha value is -3.55. The van der Waals surface area contributed by atoms with Crippen molar-refractivity contribution in [2.45, 2.75) is 13.0 Å². The summed E-state index contributed by atoms with van der Waals surface area (Å²) in [5.41, 5.74) is 2.86. The molecule has 7 nitrogen and oxygen atoms in total. The van der Waals surface area contributed by atoms with Crippen LogP contribution in [0.1, 0.15) is 11.1 Å². The summed E-state index contributed by atoms with van der Waals surface area (Å²) in [6, 6.07) is 12.2. The van der Waals surface area contributed by atoms with Crippen LogP contribution in [0.15, 0.2) is 53.7 Å². The lowest BCUT2D eigenvalue weighted by Crippen LogP contribution is -2.43. The summed E-state index contributed by atoms with van der Waals surface area (Å²) in [4.78, 5) is 19.3. The number of carbonyl (C=O) groups excluding carboxylic acids is 1. The fraction of sp³-hybridized carbons (Fsp3) is 0.273. The summed E-state index contributed by atoms with van der Waals surface area (Å²) in [7, 11) is 3.27. The number of halogens is 1. The first-order valence-corrected chi connectivity index (χ1v) is 9.68. The Kier molecular flexibility index (Phi) is 7.26. The van der Waals surface area contributed by atoms with Crippen LogP contribution in [0.2, 0.25) is 0 Å². The molecule has 158 valence electrons. The van der Waals surface area contributed by atoms with E-state index in [1.807, 2.05) is 30.5 Å². The summed E-state index contributed by atoms with van der Waals surface area (Å²) in [5, 5.41) is 10.0. The van der Waals surface area contributed by atoms with Crippen LogP contribution < -0.4 is 20.7 Å². The van der Waals surface area contributed by atoms with E-state index in [0.29, 0.717) is 19.0 Å². The topological polar surface area (TPSA) is 90.5 Å². The van der Waals surface area contributed by atoms with E-state index in [4.69, 9.17) is 4.74 Å². The van der Waals surface area contributed by atoms with Crippen LogP contribution in [0.25, 0.3) is 10.9 Å². The number of hydrogen-bond acceptors (Lipinski definition) is 3. The minimum Gasteiger partial charge on any atom is -0.497 e. The van der Waals surface area contributed by atoms with Gasteiger partial charge in [-0.25, -0.2) is 4.39 Å². The third-order valence-electron chi connectivity index (χ3n) is 4.70. The largest absolute Gasteiger partial charge is 0.497 e. The molecule has 1 aromatic heterocycles. The molecule has 0 saturated heterocycles. The van der Waals surface area contributed by atoms with Gasteiger partial charge in [0.15, 0.2) is 5.96 Å². The second-order valence-corrected chi connectivity index (χ2v) is 6.73. The molecule has 2 aromatic carbocycles. The summed E-state index contributed by atoms with van der Waals surface area (Å²) in [6.45, 7) is 1.18. The molecule has 0 atom stereocenters. The Morgan fingerprint density at radius 2 is 1.93 bits per heavy atom. The van der Waals surface area contributed by atoms with Crippen molar-refractivity contribution in [1.82, 2.24) is 20.9 Å². The highest BCUT2D eigenvalue weighted by atomic mass is 19.1. The average Bonchev–Trinajstić information content (AvgIpc) is 3.16. The second kappa shape index (κ2) is 10.3. The molecule has 0 bridgehead atoms. The quantitative estimate of drug-likeness (QED) is 0.338. The highest BCUT2D eigenvalue weighted by Gasteiger charge is 2.07. The van der Waals surface area contributed by atoms with Crippen LogP contribution in [-0.2, 0) is 17.8 Å². The van der Waals surface area contributed by atoms with Gasteiger partial charge in [-0.05, 0) is 47.9 Å². The lowest BCUT2D eigenvalue weighted by Gasteiger charge is -2.12. The molecule has 0 fully saturated rings. The van der Waals surface area contributed by atoms with Gasteiger partial charge < -0.3 is 25.7 Å². The predicted molar refractivity (Wildman–Crippen MR) is 116 cm³/mol. The molecule has 1 amide bonds. The summed E-state index contributed by atoms with van der Waals surface area (Å²) in [5.74, 6) is 0.929. The van der Waals surface area contributed by atoms with E-state index in [2.05, 4.69) is 25.9 Å². The Labute approximate surface area is 174 Å². The van der Waals surface area contributed by atoms with Crippen molar-refractivity contribution in [3.8, 4) is 5.75 Å². The van der Waals surface area contributed by atoms with Crippen molar-refractivity contribution in [3.63, 3.8) is 0 Å². The SMILES string of the molecule is CN=C(NCCc1c[nH]c2cc(F)ccc12)NCC(=O)NCc1ccc(OC)cc1. The first-order valence-electron chi connectivity index (χ1n) is 9.68. The molecule has 3 aromatic rings. The molecule has 4 N–H and O–H groups in total. The lowest BCUT2D eigenvalue weighted by atomic mass is 10.1. The van der Waals surface area contributed by atoms with Crippen molar-refractivity contribution in [2.24, 2.45) is 4.99 Å². The number of nitrogens with one attached hydrogen (secondary N) is 4. The average molecular weight is 411 g/mol. The molecule has 3 rings (SSSR count). The van der Waals surface area contributed by atoms with Gasteiger partial charge in [-0.3, -0.25) is 9.79 Å². The number of hydrogen-bond donors (Lipinski definition) is 4. The molecule has 8 heteroatoms. The third-order valence-corrected chi connectivity index (χ3v) is 4.70. The maximum Gasteiger partial charge on any atom is 0.239 e. The van der Waals surface area contributed by atoms with Gasteiger partial charge in [0.05, 0.1) is 13.7 Å². The van der Waals surface area contributed by atoms with Gasteiger partial charge in [-0.1, -0.05) is 12.1 Å². The van der Waals surface area contributed by atoms with Crippen LogP contribution in [0.3, 0.4) is 0 Å². The van der Waals surface area contributed by atoms with Crippen molar-refractivity contribution in [1.29, 1.82) is 0 Å². The number of benzene rings is 2. The van der Waals surface area contributed by atoms with Crippen molar-refractivity contribution in [2.75, 3.05) is 27.2 Å². The molecule has 0 aliphatic heterocycles. The summed E-state index contributed by atoms with van der Waals surface area (Å²) < 4.78 is 18.4. The monoisotopic (exact) mass is 411 g/mol. The lowest BCUT2D eigenvalue weighted by molar-refractivity contribution is -0.120. The van der Waals surface area contributed by atoms with E-state index >= 15 is 0 Å². The van der Waals surface area contributed by atoms with Gasteiger partial charge >= 0.3 is 0 Å². The number of carbonyl (C=O) groups is 1. The number of H-pyrrole nitrogens is 1. The maximum atomic E-state index is 13.3. The Morgan fingerprint density at radius 3 is 2.67 bits per heavy atom. The molecule has 0 radical (unpaired) electrons. The first kappa shape index (κ1) is 21.2. The van der Waals surface area contributed by atoms with Crippen LogP contribution in [0, 0.1) is 5.82 Å². The maximum absolute atomic E-state index is 13.3. The number of aromatic nitrogens is 1. The fourth-order valence-electron chi connectivity index (χ4n) is 3.07. The Morgan fingerprint density at radius 1 is 1.13 bits per heavy atom. The first-order chi connectivity index (χ1) is 14.6. The standard InChI is InChI=1S/C22H26FN5O2/c1-24-22(25-10-9-16-13-26-20-11-17(23)5-8-19(16)20)28-14-21(29)27-12-15-3-6-18(30-2)7-4-15/h3-8,11,13,26H,9-10,12,14H2,1-2H3,(H,27,29)(H2,24,25,28). The van der Waals surface area contributed by atoms with E-state index in [9.17, 15) is 9.18 Å². The van der Waals surface area contributed by atoms with Crippen LogP contribution in [0.4, 0.5) is 4.39 Å². The zero-order valence-electron chi connectivity index (χ0n) is 17.1. The van der Waals surface area contributed by atoms with Crippen molar-refractivity contribution >= 4 is 22.8 Å². The van der Waals surface area contributed by atoms with E-state index in [0.717, 1.165) is 34.2 Å². The van der Waals surface area contributed by atoms with Crippen LogP contribution in [-0.4, -0.2) is 44.1 Å². The molecule has 0 aliphatic rings. The van der Waals surface area contributed by atoms with Gasteiger partial charge in [0.25, 0.3) is 0 Å².